The first-order chi connectivity index (χ1) is 13.5. The molecule has 2 N–H and O–H groups in total. The molecular formula is C23H25N3O2. The maximum Gasteiger partial charge on any atom is 0.269 e. The third-order valence-electron chi connectivity index (χ3n) is 4.34. The number of aromatic nitrogens is 1. The monoisotopic (exact) mass is 375 g/mol. The minimum Gasteiger partial charge on any atom is -0.497 e. The molecule has 0 atom stereocenters. The van der Waals surface area contributed by atoms with Crippen LogP contribution in [-0.4, -0.2) is 24.5 Å². The second-order valence-electron chi connectivity index (χ2n) is 6.79. The van der Waals surface area contributed by atoms with Crippen molar-refractivity contribution in [3.05, 3.63) is 83.2 Å². The number of pyridine rings is 1. The quantitative estimate of drug-likeness (QED) is 0.641. The molecule has 0 aliphatic rings. The van der Waals surface area contributed by atoms with Gasteiger partial charge in [0.1, 0.15) is 11.4 Å². The summed E-state index contributed by atoms with van der Waals surface area (Å²) in [5.74, 6) is 0.627. The molecular weight excluding hydrogens is 350 g/mol. The highest BCUT2D eigenvalue weighted by molar-refractivity contribution is 5.93. The molecule has 0 saturated heterocycles. The summed E-state index contributed by atoms with van der Waals surface area (Å²) in [4.78, 5) is 16.6. The molecule has 0 aliphatic carbocycles. The molecule has 3 rings (SSSR count). The molecule has 0 radical (unpaired) electrons. The Morgan fingerprint density at radius 3 is 2.54 bits per heavy atom. The van der Waals surface area contributed by atoms with E-state index in [1.54, 1.807) is 19.4 Å². The topological polar surface area (TPSA) is 63.2 Å². The fourth-order valence-electron chi connectivity index (χ4n) is 3.08. The number of ether oxygens (including phenoxy) is 1. The third-order valence-corrected chi connectivity index (χ3v) is 4.34. The van der Waals surface area contributed by atoms with Crippen LogP contribution < -0.4 is 15.4 Å². The van der Waals surface area contributed by atoms with Crippen molar-refractivity contribution in [1.29, 1.82) is 0 Å². The fraction of sp³-hybridized carbons (Fsp3) is 0.217. The van der Waals surface area contributed by atoms with E-state index in [1.165, 1.54) is 11.1 Å². The number of carbonyl (C=O) groups is 1. The van der Waals surface area contributed by atoms with E-state index >= 15 is 0 Å². The van der Waals surface area contributed by atoms with Gasteiger partial charge in [0.2, 0.25) is 0 Å². The largest absolute Gasteiger partial charge is 0.497 e. The molecule has 0 unspecified atom stereocenters. The van der Waals surface area contributed by atoms with Crippen molar-refractivity contribution in [3.8, 4) is 5.75 Å². The SMILES string of the molecule is COc1cccc(CCNC(=O)c2cc(Nc3cc(C)cc(C)c3)ccn2)c1. The summed E-state index contributed by atoms with van der Waals surface area (Å²) in [6.45, 7) is 4.65. The van der Waals surface area contributed by atoms with Crippen molar-refractivity contribution in [2.24, 2.45) is 0 Å². The number of rotatable bonds is 7. The molecule has 1 aromatic heterocycles. The van der Waals surface area contributed by atoms with Crippen molar-refractivity contribution < 1.29 is 9.53 Å². The zero-order valence-electron chi connectivity index (χ0n) is 16.5. The van der Waals surface area contributed by atoms with Gasteiger partial charge in [0.05, 0.1) is 7.11 Å². The van der Waals surface area contributed by atoms with E-state index in [0.29, 0.717) is 12.2 Å². The minimum atomic E-state index is -0.188. The summed E-state index contributed by atoms with van der Waals surface area (Å²) in [5.41, 5.74) is 5.70. The van der Waals surface area contributed by atoms with Crippen LogP contribution >= 0.6 is 0 Å². The molecule has 28 heavy (non-hydrogen) atoms. The summed E-state index contributed by atoms with van der Waals surface area (Å²) < 4.78 is 5.22. The Bertz CT molecular complexity index is 949. The highest BCUT2D eigenvalue weighted by Gasteiger charge is 2.08. The predicted octanol–water partition coefficient (Wildman–Crippen LogP) is 4.42. The summed E-state index contributed by atoms with van der Waals surface area (Å²) >= 11 is 0. The highest BCUT2D eigenvalue weighted by atomic mass is 16.5. The number of hydrogen-bond donors (Lipinski definition) is 2. The second kappa shape index (κ2) is 9.04. The van der Waals surface area contributed by atoms with Crippen molar-refractivity contribution >= 4 is 17.3 Å². The Labute approximate surface area is 165 Å². The Hall–Kier alpha value is -3.34. The van der Waals surface area contributed by atoms with E-state index < -0.39 is 0 Å². The van der Waals surface area contributed by atoms with Gasteiger partial charge in [-0.15, -0.1) is 0 Å². The van der Waals surface area contributed by atoms with Crippen molar-refractivity contribution in [2.75, 3.05) is 19.0 Å². The van der Waals surface area contributed by atoms with Crippen molar-refractivity contribution in [2.45, 2.75) is 20.3 Å². The normalized spacial score (nSPS) is 10.4. The van der Waals surface area contributed by atoms with Gasteiger partial charge in [-0.05, 0) is 73.4 Å². The van der Waals surface area contributed by atoms with Crippen LogP contribution in [-0.2, 0) is 6.42 Å². The molecule has 0 spiro atoms. The van der Waals surface area contributed by atoms with E-state index in [9.17, 15) is 4.79 Å². The molecule has 0 fully saturated rings. The van der Waals surface area contributed by atoms with E-state index in [2.05, 4.69) is 47.7 Å². The van der Waals surface area contributed by atoms with Crippen LogP contribution in [0.15, 0.2) is 60.8 Å². The minimum absolute atomic E-state index is 0.188. The van der Waals surface area contributed by atoms with Gasteiger partial charge in [0.25, 0.3) is 5.91 Å². The lowest BCUT2D eigenvalue weighted by molar-refractivity contribution is 0.0949. The number of anilines is 2. The molecule has 2 aromatic carbocycles. The number of hydrogen-bond acceptors (Lipinski definition) is 4. The molecule has 1 heterocycles. The standard InChI is InChI=1S/C23H25N3O2/c1-16-11-17(2)13-20(12-16)26-19-8-10-24-22(15-19)23(27)25-9-7-18-5-4-6-21(14-18)28-3/h4-6,8,10-15H,7,9H2,1-3H3,(H,24,26)(H,25,27). The number of benzene rings is 2. The lowest BCUT2D eigenvalue weighted by Crippen LogP contribution is -2.26. The van der Waals surface area contributed by atoms with Gasteiger partial charge in [-0.1, -0.05) is 18.2 Å². The number of amides is 1. The number of methoxy groups -OCH3 is 1. The van der Waals surface area contributed by atoms with E-state index in [0.717, 1.165) is 29.1 Å². The molecule has 144 valence electrons. The van der Waals surface area contributed by atoms with E-state index in [1.807, 2.05) is 30.3 Å². The van der Waals surface area contributed by atoms with Crippen LogP contribution in [0.2, 0.25) is 0 Å². The third kappa shape index (κ3) is 5.33. The zero-order valence-corrected chi connectivity index (χ0v) is 16.5. The second-order valence-corrected chi connectivity index (χ2v) is 6.79. The van der Waals surface area contributed by atoms with Crippen molar-refractivity contribution in [3.63, 3.8) is 0 Å². The van der Waals surface area contributed by atoms with E-state index in [4.69, 9.17) is 4.74 Å². The average Bonchev–Trinajstić information content (AvgIpc) is 2.67. The first kappa shape index (κ1) is 19.4. The Balaban J connectivity index is 1.60. The van der Waals surface area contributed by atoms with Gasteiger partial charge in [0.15, 0.2) is 0 Å². The summed E-state index contributed by atoms with van der Waals surface area (Å²) in [5, 5.41) is 6.27. The molecule has 5 heteroatoms. The zero-order chi connectivity index (χ0) is 19.9. The smallest absolute Gasteiger partial charge is 0.269 e. The molecule has 5 nitrogen and oxygen atoms in total. The summed E-state index contributed by atoms with van der Waals surface area (Å²) in [6.07, 6.45) is 2.37. The maximum absolute atomic E-state index is 12.4. The first-order valence-electron chi connectivity index (χ1n) is 9.26. The van der Waals surface area contributed by atoms with Gasteiger partial charge in [-0.2, -0.15) is 0 Å². The maximum atomic E-state index is 12.4. The Morgan fingerprint density at radius 1 is 1.00 bits per heavy atom. The highest BCUT2D eigenvalue weighted by Crippen LogP contribution is 2.20. The van der Waals surface area contributed by atoms with Crippen molar-refractivity contribution in [1.82, 2.24) is 10.3 Å². The molecule has 0 aliphatic heterocycles. The summed E-state index contributed by atoms with van der Waals surface area (Å²) in [6, 6.07) is 17.7. The van der Waals surface area contributed by atoms with Gasteiger partial charge in [-0.25, -0.2) is 0 Å². The van der Waals surface area contributed by atoms with Crippen LogP contribution in [0.3, 0.4) is 0 Å². The van der Waals surface area contributed by atoms with Crippen LogP contribution in [0.5, 0.6) is 5.75 Å². The molecule has 0 saturated carbocycles. The van der Waals surface area contributed by atoms with E-state index in [-0.39, 0.29) is 5.91 Å². The van der Waals surface area contributed by atoms with Gasteiger partial charge >= 0.3 is 0 Å². The van der Waals surface area contributed by atoms with Crippen LogP contribution in [0.25, 0.3) is 0 Å². The Morgan fingerprint density at radius 2 is 1.79 bits per heavy atom. The van der Waals surface area contributed by atoms with Crippen LogP contribution in [0.1, 0.15) is 27.2 Å². The lowest BCUT2D eigenvalue weighted by Gasteiger charge is -2.10. The molecule has 3 aromatic rings. The van der Waals surface area contributed by atoms with Gasteiger partial charge in [-0.3, -0.25) is 9.78 Å². The number of nitrogens with one attached hydrogen (secondary N) is 2. The van der Waals surface area contributed by atoms with Gasteiger partial charge in [0, 0.05) is 24.1 Å². The Kier molecular flexibility index (Phi) is 6.27. The first-order valence-corrected chi connectivity index (χ1v) is 9.26. The summed E-state index contributed by atoms with van der Waals surface area (Å²) in [7, 11) is 1.64. The lowest BCUT2D eigenvalue weighted by atomic mass is 10.1. The van der Waals surface area contributed by atoms with Crippen LogP contribution in [0.4, 0.5) is 11.4 Å². The number of carbonyl (C=O) groups excluding carboxylic acids is 1. The molecule has 0 bridgehead atoms. The predicted molar refractivity (Wildman–Crippen MR) is 112 cm³/mol. The number of nitrogens with zero attached hydrogens (tertiary/aromatic N) is 1. The average molecular weight is 375 g/mol. The molecule has 1 amide bonds. The number of aryl methyl sites for hydroxylation is 2. The van der Waals surface area contributed by atoms with Crippen LogP contribution in [0, 0.1) is 13.8 Å². The van der Waals surface area contributed by atoms with Gasteiger partial charge < -0.3 is 15.4 Å². The fourth-order valence-corrected chi connectivity index (χ4v) is 3.08.